The molecule has 0 radical (unpaired) electrons. The SMILES string of the molecule is CCCC1COC2(CCC(c3ccc(CCc4ccc(C(F)(F)F)cc4)cc3)CC2)OC1. The molecule has 32 heavy (non-hydrogen) atoms. The summed E-state index contributed by atoms with van der Waals surface area (Å²) in [5.74, 6) is 0.714. The molecular formula is C27H33F3O2. The van der Waals surface area contributed by atoms with Crippen molar-refractivity contribution in [2.45, 2.75) is 76.2 Å². The maximum atomic E-state index is 12.7. The van der Waals surface area contributed by atoms with E-state index in [-0.39, 0.29) is 5.79 Å². The zero-order valence-electron chi connectivity index (χ0n) is 18.8. The van der Waals surface area contributed by atoms with Crippen LogP contribution in [0.2, 0.25) is 0 Å². The van der Waals surface area contributed by atoms with Gasteiger partial charge in [0.1, 0.15) is 0 Å². The smallest absolute Gasteiger partial charge is 0.350 e. The minimum atomic E-state index is -4.28. The van der Waals surface area contributed by atoms with Crippen molar-refractivity contribution in [2.24, 2.45) is 5.92 Å². The lowest BCUT2D eigenvalue weighted by atomic mass is 9.80. The molecule has 5 heteroatoms. The van der Waals surface area contributed by atoms with Gasteiger partial charge >= 0.3 is 6.18 Å². The Bertz CT molecular complexity index is 840. The molecule has 0 bridgehead atoms. The third-order valence-electron chi connectivity index (χ3n) is 7.04. The summed E-state index contributed by atoms with van der Waals surface area (Å²) in [6.45, 7) is 3.86. The van der Waals surface area contributed by atoms with E-state index in [2.05, 4.69) is 31.2 Å². The summed E-state index contributed by atoms with van der Waals surface area (Å²) < 4.78 is 50.5. The first-order valence-corrected chi connectivity index (χ1v) is 11.9. The van der Waals surface area contributed by atoms with E-state index in [4.69, 9.17) is 9.47 Å². The second kappa shape index (κ2) is 9.96. The molecule has 2 aromatic carbocycles. The molecule has 0 aromatic heterocycles. The Labute approximate surface area is 189 Å². The van der Waals surface area contributed by atoms with E-state index in [1.165, 1.54) is 24.0 Å². The van der Waals surface area contributed by atoms with E-state index in [1.807, 2.05) is 0 Å². The van der Waals surface area contributed by atoms with Gasteiger partial charge in [-0.05, 0) is 66.8 Å². The third kappa shape index (κ3) is 5.74. The fourth-order valence-corrected chi connectivity index (χ4v) is 4.99. The van der Waals surface area contributed by atoms with E-state index in [0.29, 0.717) is 11.8 Å². The molecule has 2 nitrogen and oxygen atoms in total. The highest BCUT2D eigenvalue weighted by atomic mass is 19.4. The van der Waals surface area contributed by atoms with Crippen LogP contribution < -0.4 is 0 Å². The van der Waals surface area contributed by atoms with Gasteiger partial charge in [0.2, 0.25) is 0 Å². The van der Waals surface area contributed by atoms with Crippen molar-refractivity contribution < 1.29 is 22.6 Å². The third-order valence-corrected chi connectivity index (χ3v) is 7.04. The Balaban J connectivity index is 1.25. The van der Waals surface area contributed by atoms with Crippen LogP contribution in [0.4, 0.5) is 13.2 Å². The Kier molecular flexibility index (Phi) is 7.26. The fourth-order valence-electron chi connectivity index (χ4n) is 4.99. The minimum absolute atomic E-state index is 0.359. The van der Waals surface area contributed by atoms with E-state index >= 15 is 0 Å². The van der Waals surface area contributed by atoms with Crippen molar-refractivity contribution in [3.63, 3.8) is 0 Å². The fraction of sp³-hybridized carbons (Fsp3) is 0.556. The summed E-state index contributed by atoms with van der Waals surface area (Å²) in [5, 5.41) is 0. The topological polar surface area (TPSA) is 18.5 Å². The Morgan fingerprint density at radius 3 is 1.88 bits per heavy atom. The molecule has 1 spiro atoms. The largest absolute Gasteiger partial charge is 0.416 e. The Morgan fingerprint density at radius 1 is 0.844 bits per heavy atom. The first kappa shape index (κ1) is 23.3. The van der Waals surface area contributed by atoms with Crippen molar-refractivity contribution in [3.05, 3.63) is 70.8 Å². The first-order chi connectivity index (χ1) is 15.4. The molecule has 2 fully saturated rings. The van der Waals surface area contributed by atoms with E-state index in [1.54, 1.807) is 12.1 Å². The van der Waals surface area contributed by atoms with Gasteiger partial charge in [0, 0.05) is 18.8 Å². The number of benzene rings is 2. The summed E-state index contributed by atoms with van der Waals surface area (Å²) >= 11 is 0. The molecule has 2 aliphatic rings. The molecule has 174 valence electrons. The molecule has 1 aliphatic carbocycles. The number of hydrogen-bond acceptors (Lipinski definition) is 2. The number of hydrogen-bond donors (Lipinski definition) is 0. The van der Waals surface area contributed by atoms with E-state index in [9.17, 15) is 13.2 Å². The first-order valence-electron chi connectivity index (χ1n) is 11.9. The zero-order valence-corrected chi connectivity index (χ0v) is 18.8. The normalized spacial score (nSPS) is 26.4. The van der Waals surface area contributed by atoms with Crippen LogP contribution in [-0.4, -0.2) is 19.0 Å². The van der Waals surface area contributed by atoms with Gasteiger partial charge in [-0.15, -0.1) is 0 Å². The second-order valence-corrected chi connectivity index (χ2v) is 9.40. The number of alkyl halides is 3. The molecule has 1 saturated carbocycles. The van der Waals surface area contributed by atoms with E-state index < -0.39 is 11.7 Å². The molecule has 1 heterocycles. The highest BCUT2D eigenvalue weighted by molar-refractivity contribution is 5.28. The summed E-state index contributed by atoms with van der Waals surface area (Å²) in [4.78, 5) is 0. The predicted molar refractivity (Wildman–Crippen MR) is 120 cm³/mol. The molecular weight excluding hydrogens is 413 g/mol. The van der Waals surface area contributed by atoms with Crippen LogP contribution in [0.25, 0.3) is 0 Å². The van der Waals surface area contributed by atoms with Gasteiger partial charge in [0.25, 0.3) is 0 Å². The monoisotopic (exact) mass is 446 g/mol. The van der Waals surface area contributed by atoms with Gasteiger partial charge < -0.3 is 9.47 Å². The number of halogens is 3. The molecule has 1 aliphatic heterocycles. The lowest BCUT2D eigenvalue weighted by Crippen LogP contribution is -2.46. The van der Waals surface area contributed by atoms with Gasteiger partial charge in [-0.3, -0.25) is 0 Å². The van der Waals surface area contributed by atoms with Crippen molar-refractivity contribution in [3.8, 4) is 0 Å². The average Bonchev–Trinajstić information content (AvgIpc) is 2.80. The molecule has 0 N–H and O–H groups in total. The maximum absolute atomic E-state index is 12.7. The van der Waals surface area contributed by atoms with Crippen LogP contribution >= 0.6 is 0 Å². The summed E-state index contributed by atoms with van der Waals surface area (Å²) in [6, 6.07) is 14.2. The summed E-state index contributed by atoms with van der Waals surface area (Å²) in [6.07, 6.45) is 3.67. The Hall–Kier alpha value is -1.85. The van der Waals surface area contributed by atoms with Crippen molar-refractivity contribution in [1.29, 1.82) is 0 Å². The van der Waals surface area contributed by atoms with Crippen LogP contribution in [0.5, 0.6) is 0 Å². The van der Waals surface area contributed by atoms with Crippen LogP contribution in [0.1, 0.15) is 73.6 Å². The molecule has 0 atom stereocenters. The molecule has 0 amide bonds. The van der Waals surface area contributed by atoms with Gasteiger partial charge in [0.15, 0.2) is 5.79 Å². The van der Waals surface area contributed by atoms with E-state index in [0.717, 1.165) is 69.4 Å². The van der Waals surface area contributed by atoms with Crippen molar-refractivity contribution >= 4 is 0 Å². The predicted octanol–water partition coefficient (Wildman–Crippen LogP) is 7.31. The van der Waals surface area contributed by atoms with Crippen LogP contribution in [-0.2, 0) is 28.5 Å². The van der Waals surface area contributed by atoms with Gasteiger partial charge in [-0.2, -0.15) is 13.2 Å². The molecule has 2 aromatic rings. The van der Waals surface area contributed by atoms with Gasteiger partial charge in [-0.1, -0.05) is 49.7 Å². The summed E-state index contributed by atoms with van der Waals surface area (Å²) in [7, 11) is 0. The zero-order chi connectivity index (χ0) is 22.6. The maximum Gasteiger partial charge on any atom is 0.416 e. The highest BCUT2D eigenvalue weighted by Gasteiger charge is 2.41. The van der Waals surface area contributed by atoms with Gasteiger partial charge in [0.05, 0.1) is 18.8 Å². The minimum Gasteiger partial charge on any atom is -0.350 e. The van der Waals surface area contributed by atoms with Crippen molar-refractivity contribution in [1.82, 2.24) is 0 Å². The quantitative estimate of drug-likeness (QED) is 0.463. The molecule has 4 rings (SSSR count). The standard InChI is InChI=1S/C27H33F3O2/c1-2-3-22-18-31-26(32-19-22)16-14-24(15-17-26)23-10-6-20(7-11-23)4-5-21-8-12-25(13-9-21)27(28,29)30/h6-13,22,24H,2-5,14-19H2,1H3. The lowest BCUT2D eigenvalue weighted by molar-refractivity contribution is -0.296. The highest BCUT2D eigenvalue weighted by Crippen LogP contribution is 2.42. The lowest BCUT2D eigenvalue weighted by Gasteiger charge is -2.44. The van der Waals surface area contributed by atoms with Crippen LogP contribution in [0.15, 0.2) is 48.5 Å². The number of ether oxygens (including phenoxy) is 2. The Morgan fingerprint density at radius 2 is 1.38 bits per heavy atom. The van der Waals surface area contributed by atoms with Crippen LogP contribution in [0, 0.1) is 5.92 Å². The molecule has 1 saturated heterocycles. The number of rotatable bonds is 6. The van der Waals surface area contributed by atoms with Crippen molar-refractivity contribution in [2.75, 3.05) is 13.2 Å². The second-order valence-electron chi connectivity index (χ2n) is 9.40. The molecule has 0 unspecified atom stereocenters. The number of aryl methyl sites for hydroxylation is 2. The average molecular weight is 447 g/mol. The van der Waals surface area contributed by atoms with Gasteiger partial charge in [-0.25, -0.2) is 0 Å². The summed E-state index contributed by atoms with van der Waals surface area (Å²) in [5.41, 5.74) is 2.90. The van der Waals surface area contributed by atoms with Crippen LogP contribution in [0.3, 0.4) is 0 Å².